The molecule has 2 nitrogen and oxygen atoms in total. The first-order chi connectivity index (χ1) is 8.49. The predicted molar refractivity (Wildman–Crippen MR) is 78.4 cm³/mol. The molecule has 2 aromatic carbocycles. The fraction of sp³-hybridized carbons (Fsp3) is 0. The zero-order chi connectivity index (χ0) is 13.3. The minimum Gasteiger partial charge on any atom is -0.399 e. The largest absolute Gasteiger partial charge is 0.399 e. The van der Waals surface area contributed by atoms with Crippen LogP contribution in [0.5, 0.6) is 0 Å². The maximum atomic E-state index is 12.3. The van der Waals surface area contributed by atoms with Crippen molar-refractivity contribution in [1.29, 1.82) is 0 Å². The zero-order valence-corrected chi connectivity index (χ0v) is 12.2. The van der Waals surface area contributed by atoms with E-state index >= 15 is 0 Å². The number of nitrogens with two attached hydrogens (primary N) is 1. The van der Waals surface area contributed by atoms with E-state index in [1.165, 1.54) is 0 Å². The fourth-order valence-corrected chi connectivity index (χ4v) is 2.48. The second-order valence-corrected chi connectivity index (χ2v) is 5.40. The summed E-state index contributed by atoms with van der Waals surface area (Å²) in [4.78, 5) is 12.3. The molecular weight excluding hydrogens is 337 g/mol. The van der Waals surface area contributed by atoms with Gasteiger partial charge in [0, 0.05) is 21.3 Å². The summed E-state index contributed by atoms with van der Waals surface area (Å²) in [5.41, 5.74) is 7.03. The van der Waals surface area contributed by atoms with Crippen molar-refractivity contribution in [1.82, 2.24) is 0 Å². The molecule has 5 heteroatoms. The van der Waals surface area contributed by atoms with E-state index in [2.05, 4.69) is 15.9 Å². The normalized spacial score (nSPS) is 10.4. The van der Waals surface area contributed by atoms with Crippen LogP contribution in [0.25, 0.3) is 0 Å². The Morgan fingerprint density at radius 3 is 2.56 bits per heavy atom. The van der Waals surface area contributed by atoms with Crippen LogP contribution in [0.15, 0.2) is 40.9 Å². The third-order valence-corrected chi connectivity index (χ3v) is 3.66. The minimum atomic E-state index is -0.212. The van der Waals surface area contributed by atoms with Crippen molar-refractivity contribution in [3.8, 4) is 0 Å². The Morgan fingerprint density at radius 1 is 1.17 bits per heavy atom. The molecule has 0 aliphatic heterocycles. The van der Waals surface area contributed by atoms with Crippen LogP contribution in [0.1, 0.15) is 15.9 Å². The van der Waals surface area contributed by atoms with Crippen LogP contribution in [0.2, 0.25) is 10.0 Å². The van der Waals surface area contributed by atoms with Crippen LogP contribution in [-0.4, -0.2) is 5.78 Å². The van der Waals surface area contributed by atoms with Crippen LogP contribution in [0.4, 0.5) is 5.69 Å². The lowest BCUT2D eigenvalue weighted by molar-refractivity contribution is 0.103. The first kappa shape index (κ1) is 13.4. The van der Waals surface area contributed by atoms with Gasteiger partial charge < -0.3 is 5.73 Å². The molecule has 0 aliphatic rings. The topological polar surface area (TPSA) is 43.1 Å². The van der Waals surface area contributed by atoms with E-state index in [1.807, 2.05) is 0 Å². The van der Waals surface area contributed by atoms with Crippen molar-refractivity contribution in [2.24, 2.45) is 0 Å². The highest BCUT2D eigenvalue weighted by Gasteiger charge is 2.15. The van der Waals surface area contributed by atoms with Crippen LogP contribution in [0, 0.1) is 0 Å². The summed E-state index contributed by atoms with van der Waals surface area (Å²) in [6.45, 7) is 0. The molecule has 0 saturated carbocycles. The molecule has 0 heterocycles. The highest BCUT2D eigenvalue weighted by atomic mass is 79.9. The van der Waals surface area contributed by atoms with Gasteiger partial charge in [0.25, 0.3) is 0 Å². The number of benzene rings is 2. The van der Waals surface area contributed by atoms with E-state index in [4.69, 9.17) is 28.9 Å². The second kappa shape index (κ2) is 5.31. The standard InChI is InChI=1S/C13H8BrCl2NO/c14-8-4-7(5-9(17)6-8)13(18)10-2-1-3-11(15)12(10)16/h1-6H,17H2. The molecule has 0 aromatic heterocycles. The summed E-state index contributed by atoms with van der Waals surface area (Å²) in [6.07, 6.45) is 0. The van der Waals surface area contributed by atoms with Gasteiger partial charge in [-0.3, -0.25) is 4.79 Å². The first-order valence-electron chi connectivity index (χ1n) is 5.04. The average Bonchev–Trinajstić information content (AvgIpc) is 2.30. The molecule has 0 fully saturated rings. The maximum Gasteiger partial charge on any atom is 0.194 e. The summed E-state index contributed by atoms with van der Waals surface area (Å²) in [7, 11) is 0. The molecule has 0 spiro atoms. The number of hydrogen-bond donors (Lipinski definition) is 1. The quantitative estimate of drug-likeness (QED) is 0.640. The molecule has 2 N–H and O–H groups in total. The Labute approximate surface area is 123 Å². The lowest BCUT2D eigenvalue weighted by Crippen LogP contribution is -2.03. The Morgan fingerprint density at radius 2 is 1.89 bits per heavy atom. The molecule has 0 aliphatic carbocycles. The fourth-order valence-electron chi connectivity index (χ4n) is 1.58. The van der Waals surface area contributed by atoms with Crippen molar-refractivity contribution in [2.45, 2.75) is 0 Å². The van der Waals surface area contributed by atoms with Crippen molar-refractivity contribution >= 4 is 50.6 Å². The number of nitrogen functional groups attached to an aromatic ring is 1. The first-order valence-corrected chi connectivity index (χ1v) is 6.58. The van der Waals surface area contributed by atoms with Gasteiger partial charge in [-0.1, -0.05) is 45.2 Å². The van der Waals surface area contributed by atoms with Gasteiger partial charge in [-0.05, 0) is 30.3 Å². The minimum absolute atomic E-state index is 0.212. The zero-order valence-electron chi connectivity index (χ0n) is 9.08. The smallest absolute Gasteiger partial charge is 0.194 e. The van der Waals surface area contributed by atoms with E-state index in [0.29, 0.717) is 21.8 Å². The summed E-state index contributed by atoms with van der Waals surface area (Å²) < 4.78 is 0.740. The number of rotatable bonds is 2. The molecule has 0 saturated heterocycles. The molecule has 0 amide bonds. The number of anilines is 1. The SMILES string of the molecule is Nc1cc(Br)cc(C(=O)c2cccc(Cl)c2Cl)c1. The summed E-state index contributed by atoms with van der Waals surface area (Å²) in [5, 5.41) is 0.605. The Hall–Kier alpha value is -1.03. The Bertz CT molecular complexity index is 608. The van der Waals surface area contributed by atoms with E-state index in [0.717, 1.165) is 4.47 Å². The molecule has 2 aromatic rings. The van der Waals surface area contributed by atoms with Gasteiger partial charge in [-0.15, -0.1) is 0 Å². The summed E-state index contributed by atoms with van der Waals surface area (Å²) in [6, 6.07) is 9.96. The van der Waals surface area contributed by atoms with E-state index in [9.17, 15) is 4.79 Å². The Kier molecular flexibility index (Phi) is 3.95. The second-order valence-electron chi connectivity index (χ2n) is 3.70. The molecule has 18 heavy (non-hydrogen) atoms. The van der Waals surface area contributed by atoms with E-state index < -0.39 is 0 Å². The summed E-state index contributed by atoms with van der Waals surface area (Å²) in [5.74, 6) is -0.212. The molecule has 0 atom stereocenters. The third-order valence-electron chi connectivity index (χ3n) is 2.38. The number of hydrogen-bond acceptors (Lipinski definition) is 2. The van der Waals surface area contributed by atoms with Crippen molar-refractivity contribution in [3.63, 3.8) is 0 Å². The lowest BCUT2D eigenvalue weighted by Gasteiger charge is -2.06. The van der Waals surface area contributed by atoms with Gasteiger partial charge in [-0.2, -0.15) is 0 Å². The van der Waals surface area contributed by atoms with Crippen molar-refractivity contribution in [3.05, 3.63) is 62.0 Å². The van der Waals surface area contributed by atoms with Crippen LogP contribution in [0.3, 0.4) is 0 Å². The predicted octanol–water partition coefficient (Wildman–Crippen LogP) is 4.57. The van der Waals surface area contributed by atoms with E-state index in [1.54, 1.807) is 36.4 Å². The van der Waals surface area contributed by atoms with Gasteiger partial charge >= 0.3 is 0 Å². The summed E-state index contributed by atoms with van der Waals surface area (Å²) >= 11 is 15.2. The van der Waals surface area contributed by atoms with Gasteiger partial charge in [0.15, 0.2) is 5.78 Å². The highest BCUT2D eigenvalue weighted by Crippen LogP contribution is 2.28. The third kappa shape index (κ3) is 2.69. The van der Waals surface area contributed by atoms with Crippen LogP contribution >= 0.6 is 39.1 Å². The van der Waals surface area contributed by atoms with Gasteiger partial charge in [0.05, 0.1) is 10.0 Å². The van der Waals surface area contributed by atoms with Crippen LogP contribution in [-0.2, 0) is 0 Å². The molecular formula is C13H8BrCl2NO. The number of carbonyl (C=O) groups excluding carboxylic acids is 1. The van der Waals surface area contributed by atoms with Gasteiger partial charge in [-0.25, -0.2) is 0 Å². The molecule has 92 valence electrons. The van der Waals surface area contributed by atoms with Crippen molar-refractivity contribution < 1.29 is 4.79 Å². The molecule has 2 rings (SSSR count). The number of ketones is 1. The Balaban J connectivity index is 2.51. The number of carbonyl (C=O) groups is 1. The molecule has 0 radical (unpaired) electrons. The van der Waals surface area contributed by atoms with E-state index in [-0.39, 0.29) is 10.8 Å². The van der Waals surface area contributed by atoms with Gasteiger partial charge in [0.2, 0.25) is 0 Å². The average molecular weight is 345 g/mol. The molecule has 0 bridgehead atoms. The molecule has 0 unspecified atom stereocenters. The van der Waals surface area contributed by atoms with Crippen LogP contribution < -0.4 is 5.73 Å². The van der Waals surface area contributed by atoms with Gasteiger partial charge in [0.1, 0.15) is 0 Å². The number of halogens is 3. The monoisotopic (exact) mass is 343 g/mol. The van der Waals surface area contributed by atoms with Crippen molar-refractivity contribution in [2.75, 3.05) is 5.73 Å². The lowest BCUT2D eigenvalue weighted by atomic mass is 10.0. The highest BCUT2D eigenvalue weighted by molar-refractivity contribution is 9.10. The maximum absolute atomic E-state index is 12.3.